The van der Waals surface area contributed by atoms with Crippen molar-refractivity contribution in [2.24, 2.45) is 5.41 Å². The molecule has 0 radical (unpaired) electrons. The molecule has 1 aliphatic rings. The normalized spacial score (nSPS) is 13.3. The van der Waals surface area contributed by atoms with E-state index in [1.54, 1.807) is 18.2 Å². The number of benzene rings is 3. The number of carbonyl (C=O) groups excluding carboxylic acids is 3. The van der Waals surface area contributed by atoms with Gasteiger partial charge in [0.1, 0.15) is 17.0 Å². The molecule has 2 amide bonds. The van der Waals surface area contributed by atoms with Gasteiger partial charge in [0.15, 0.2) is 28.7 Å². The van der Waals surface area contributed by atoms with E-state index in [1.165, 1.54) is 61.5 Å². The van der Waals surface area contributed by atoms with E-state index >= 15 is 4.39 Å². The van der Waals surface area contributed by atoms with Crippen LogP contribution in [0.2, 0.25) is 0 Å². The molecule has 5 rings (SSSR count). The number of anilines is 2. The van der Waals surface area contributed by atoms with Crippen LogP contribution in [-0.4, -0.2) is 41.9 Å². The first-order valence-electron chi connectivity index (χ1n) is 14.5. The lowest BCUT2D eigenvalue weighted by atomic mass is 10.0. The number of nitrogens with one attached hydrogen (secondary N) is 2. The zero-order valence-corrected chi connectivity index (χ0v) is 25.7. The fourth-order valence-corrected chi connectivity index (χ4v) is 5.01. The number of allylic oxidation sites excluding steroid dienone is 1. The van der Waals surface area contributed by atoms with Gasteiger partial charge in [0.25, 0.3) is 0 Å². The number of hydrogen-bond acceptors (Lipinski definition) is 8. The topological polar surface area (TPSA) is 116 Å². The minimum Gasteiger partial charge on any atom is -0.493 e. The predicted molar refractivity (Wildman–Crippen MR) is 173 cm³/mol. The number of carbonyl (C=O) groups is 3. The SMILES string of the molecule is COc1cc2c(Oc3ccc(NC(=O)C4(C(=O)Nc5ccc(F)cc5)CC4)cc3F)ccnc2cc1OCC/C=C/CCSC=O. The quantitative estimate of drug-likeness (QED) is 0.0598. The van der Waals surface area contributed by atoms with E-state index in [4.69, 9.17) is 14.2 Å². The van der Waals surface area contributed by atoms with Crippen molar-refractivity contribution in [3.63, 3.8) is 0 Å². The Morgan fingerprint density at radius 3 is 2.30 bits per heavy atom. The van der Waals surface area contributed by atoms with Crippen LogP contribution in [0.3, 0.4) is 0 Å². The van der Waals surface area contributed by atoms with Crippen molar-refractivity contribution in [1.29, 1.82) is 0 Å². The monoisotopic (exact) mass is 647 g/mol. The summed E-state index contributed by atoms with van der Waals surface area (Å²) in [5, 5.41) is 5.83. The summed E-state index contributed by atoms with van der Waals surface area (Å²) in [7, 11) is 1.51. The minimum atomic E-state index is -1.29. The van der Waals surface area contributed by atoms with Gasteiger partial charge in [0, 0.05) is 40.8 Å². The summed E-state index contributed by atoms with van der Waals surface area (Å²) in [4.78, 5) is 40.6. The first kappa shape index (κ1) is 32.4. The van der Waals surface area contributed by atoms with Crippen LogP contribution in [0.15, 0.2) is 79.0 Å². The fraction of sp³-hybridized carbons (Fsp3) is 0.235. The molecule has 9 nitrogen and oxygen atoms in total. The molecule has 0 aliphatic heterocycles. The first-order chi connectivity index (χ1) is 22.3. The van der Waals surface area contributed by atoms with Crippen LogP contribution in [0.5, 0.6) is 23.0 Å². The molecule has 0 spiro atoms. The van der Waals surface area contributed by atoms with Crippen molar-refractivity contribution < 1.29 is 37.4 Å². The lowest BCUT2D eigenvalue weighted by Gasteiger charge is -2.16. The largest absolute Gasteiger partial charge is 0.493 e. The number of ether oxygens (including phenoxy) is 3. The van der Waals surface area contributed by atoms with E-state index < -0.39 is 28.9 Å². The van der Waals surface area contributed by atoms with Crippen molar-refractivity contribution >= 4 is 51.5 Å². The van der Waals surface area contributed by atoms with E-state index in [0.29, 0.717) is 59.7 Å². The molecule has 1 aromatic heterocycles. The lowest BCUT2D eigenvalue weighted by molar-refractivity contribution is -0.131. The molecule has 3 aromatic carbocycles. The van der Waals surface area contributed by atoms with Crippen LogP contribution >= 0.6 is 11.8 Å². The molecule has 0 saturated heterocycles. The molecular weight excluding hydrogens is 616 g/mol. The maximum atomic E-state index is 15.2. The molecule has 4 aromatic rings. The number of halogens is 2. The van der Waals surface area contributed by atoms with E-state index in [0.717, 1.165) is 23.9 Å². The number of methoxy groups -OCH3 is 1. The Labute approximate surface area is 268 Å². The van der Waals surface area contributed by atoms with Crippen LogP contribution < -0.4 is 24.8 Å². The molecule has 238 valence electrons. The van der Waals surface area contributed by atoms with Crippen LogP contribution in [-0.2, 0) is 14.4 Å². The Balaban J connectivity index is 1.23. The van der Waals surface area contributed by atoms with E-state index in [1.807, 2.05) is 12.2 Å². The minimum absolute atomic E-state index is 0.0849. The number of pyridine rings is 1. The Morgan fingerprint density at radius 1 is 0.891 bits per heavy atom. The molecule has 2 N–H and O–H groups in total. The van der Waals surface area contributed by atoms with Gasteiger partial charge in [-0.1, -0.05) is 23.9 Å². The summed E-state index contributed by atoms with van der Waals surface area (Å²) in [5.41, 5.74) is 0.622. The van der Waals surface area contributed by atoms with E-state index in [2.05, 4.69) is 15.6 Å². The van der Waals surface area contributed by atoms with Gasteiger partial charge >= 0.3 is 0 Å². The number of amides is 2. The number of fused-ring (bicyclic) bond motifs is 1. The lowest BCUT2D eigenvalue weighted by Crippen LogP contribution is -2.35. The van der Waals surface area contributed by atoms with E-state index in [-0.39, 0.29) is 11.4 Å². The van der Waals surface area contributed by atoms with Gasteiger partial charge in [0.05, 0.1) is 19.2 Å². The van der Waals surface area contributed by atoms with Gasteiger partial charge in [-0.25, -0.2) is 8.78 Å². The number of hydrogen-bond donors (Lipinski definition) is 2. The molecule has 1 aliphatic carbocycles. The van der Waals surface area contributed by atoms with Gasteiger partial charge in [-0.2, -0.15) is 0 Å². The highest BCUT2D eigenvalue weighted by molar-refractivity contribution is 8.11. The molecular formula is C34H31F2N3O6S. The van der Waals surface area contributed by atoms with Gasteiger partial charge in [-0.3, -0.25) is 19.4 Å². The summed E-state index contributed by atoms with van der Waals surface area (Å²) in [5.74, 6) is -0.311. The highest BCUT2D eigenvalue weighted by Gasteiger charge is 2.56. The van der Waals surface area contributed by atoms with Crippen LogP contribution in [0.4, 0.5) is 20.2 Å². The number of nitrogens with zero attached hydrogens (tertiary/aromatic N) is 1. The highest BCUT2D eigenvalue weighted by atomic mass is 32.2. The third-order valence-electron chi connectivity index (χ3n) is 7.30. The molecule has 1 heterocycles. The third kappa shape index (κ3) is 7.81. The van der Waals surface area contributed by atoms with Gasteiger partial charge in [-0.05, 0) is 74.2 Å². The Hall–Kier alpha value is -4.97. The second-order valence-electron chi connectivity index (χ2n) is 10.4. The van der Waals surface area contributed by atoms with Gasteiger partial charge in [0.2, 0.25) is 11.8 Å². The highest BCUT2D eigenvalue weighted by Crippen LogP contribution is 2.47. The summed E-state index contributed by atoms with van der Waals surface area (Å²) in [6.07, 6.45) is 7.66. The molecule has 0 bridgehead atoms. The van der Waals surface area contributed by atoms with Crippen molar-refractivity contribution in [3.05, 3.63) is 90.6 Å². The summed E-state index contributed by atoms with van der Waals surface area (Å²) < 4.78 is 45.8. The van der Waals surface area contributed by atoms with E-state index in [9.17, 15) is 18.8 Å². The summed E-state index contributed by atoms with van der Waals surface area (Å²) in [6.45, 7) is 0.406. The van der Waals surface area contributed by atoms with Crippen molar-refractivity contribution in [1.82, 2.24) is 4.98 Å². The number of aromatic nitrogens is 1. The van der Waals surface area contributed by atoms with Crippen molar-refractivity contribution in [3.8, 4) is 23.0 Å². The predicted octanol–water partition coefficient (Wildman–Crippen LogP) is 7.31. The fourth-order valence-electron chi connectivity index (χ4n) is 4.64. The number of thioether (sulfide) groups is 1. The van der Waals surface area contributed by atoms with Crippen LogP contribution in [0, 0.1) is 17.0 Å². The maximum Gasteiger partial charge on any atom is 0.240 e. The Kier molecular flexibility index (Phi) is 10.5. The van der Waals surface area contributed by atoms with Gasteiger partial charge in [-0.15, -0.1) is 0 Å². The zero-order chi connectivity index (χ0) is 32.5. The van der Waals surface area contributed by atoms with Crippen molar-refractivity contribution in [2.45, 2.75) is 25.7 Å². The Morgan fingerprint density at radius 2 is 1.61 bits per heavy atom. The second-order valence-corrected chi connectivity index (χ2v) is 11.4. The third-order valence-corrected chi connectivity index (χ3v) is 7.90. The van der Waals surface area contributed by atoms with Crippen LogP contribution in [0.25, 0.3) is 10.9 Å². The van der Waals surface area contributed by atoms with Crippen molar-refractivity contribution in [2.75, 3.05) is 30.1 Å². The average molecular weight is 648 g/mol. The second kappa shape index (κ2) is 14.9. The zero-order valence-electron chi connectivity index (χ0n) is 24.9. The smallest absolute Gasteiger partial charge is 0.240 e. The molecule has 0 unspecified atom stereocenters. The van der Waals surface area contributed by atoms with Crippen LogP contribution in [0.1, 0.15) is 25.7 Å². The van der Waals surface area contributed by atoms with Gasteiger partial charge < -0.3 is 24.8 Å². The molecule has 1 fully saturated rings. The summed E-state index contributed by atoms with van der Waals surface area (Å²) >= 11 is 1.23. The molecule has 12 heteroatoms. The molecule has 1 saturated carbocycles. The number of rotatable bonds is 15. The Bertz CT molecular complexity index is 1760. The molecule has 0 atom stereocenters. The maximum absolute atomic E-state index is 15.2. The standard InChI is InChI=1S/C34H31F2N3O6S/c1-43-30-19-25-27(20-31(30)44-16-4-2-3-5-17-46-21-40)37-15-12-28(25)45-29-11-10-24(18-26(29)36)39-33(42)34(13-14-34)32(41)38-23-8-6-22(35)7-9-23/h2-3,6-12,15,18-21H,4-5,13-14,16-17H2,1H3,(H,38,41)(H,39,42)/b3-2+. The molecule has 46 heavy (non-hydrogen) atoms. The first-order valence-corrected chi connectivity index (χ1v) is 15.5. The average Bonchev–Trinajstić information content (AvgIpc) is 3.87. The summed E-state index contributed by atoms with van der Waals surface area (Å²) in [6, 6.07) is 14.2.